The molecule has 21 heavy (non-hydrogen) atoms. The summed E-state index contributed by atoms with van der Waals surface area (Å²) in [4.78, 5) is 2.32. The molecular weight excluding hydrogens is 278 g/mol. The highest BCUT2D eigenvalue weighted by atomic mass is 19.3. The molecule has 0 bridgehead atoms. The van der Waals surface area contributed by atoms with Gasteiger partial charge in [0.05, 0.1) is 6.10 Å². The monoisotopic (exact) mass is 300 g/mol. The lowest BCUT2D eigenvalue weighted by Crippen LogP contribution is -2.47. The lowest BCUT2D eigenvalue weighted by molar-refractivity contribution is -0.0498. The molecule has 2 unspecified atom stereocenters. The highest BCUT2D eigenvalue weighted by Crippen LogP contribution is 2.22. The second-order valence-corrected chi connectivity index (χ2v) is 5.26. The van der Waals surface area contributed by atoms with E-state index in [0.717, 1.165) is 31.5 Å². The number of piperidine rings is 1. The Balaban J connectivity index is 1.94. The first kappa shape index (κ1) is 16.1. The number of ether oxygens (including phenoxy) is 2. The van der Waals surface area contributed by atoms with Gasteiger partial charge in [-0.15, -0.1) is 0 Å². The summed E-state index contributed by atoms with van der Waals surface area (Å²) in [6.45, 7) is -0.513. The van der Waals surface area contributed by atoms with Crippen LogP contribution in [0.1, 0.15) is 18.4 Å². The number of nitrogens with two attached hydrogens (primary N) is 1. The summed E-state index contributed by atoms with van der Waals surface area (Å²) in [6, 6.07) is 7.06. The van der Waals surface area contributed by atoms with Crippen molar-refractivity contribution in [3.63, 3.8) is 0 Å². The van der Waals surface area contributed by atoms with E-state index in [1.807, 2.05) is 12.1 Å². The topological polar surface area (TPSA) is 47.7 Å². The van der Waals surface area contributed by atoms with E-state index in [4.69, 9.17) is 10.5 Å². The zero-order chi connectivity index (χ0) is 15.2. The van der Waals surface area contributed by atoms with Crippen LogP contribution in [-0.2, 0) is 11.3 Å². The second-order valence-electron chi connectivity index (χ2n) is 5.26. The summed E-state index contributed by atoms with van der Waals surface area (Å²) in [7, 11) is 1.73. The van der Waals surface area contributed by atoms with Crippen molar-refractivity contribution in [2.24, 2.45) is 5.73 Å². The molecule has 4 nitrogen and oxygen atoms in total. The Morgan fingerprint density at radius 1 is 1.33 bits per heavy atom. The molecule has 1 aliphatic rings. The first-order valence-electron chi connectivity index (χ1n) is 7.13. The third kappa shape index (κ3) is 4.62. The minimum absolute atomic E-state index is 0.183. The molecule has 1 heterocycles. The van der Waals surface area contributed by atoms with Gasteiger partial charge < -0.3 is 15.2 Å². The number of benzene rings is 1. The summed E-state index contributed by atoms with van der Waals surface area (Å²) in [5.41, 5.74) is 6.90. The van der Waals surface area contributed by atoms with Crippen molar-refractivity contribution in [1.29, 1.82) is 0 Å². The molecule has 118 valence electrons. The first-order chi connectivity index (χ1) is 10.1. The molecule has 0 amide bonds. The molecule has 1 aromatic rings. The third-order valence-electron chi connectivity index (χ3n) is 3.93. The van der Waals surface area contributed by atoms with Gasteiger partial charge in [-0.2, -0.15) is 8.78 Å². The van der Waals surface area contributed by atoms with Crippen LogP contribution in [0.15, 0.2) is 24.3 Å². The Morgan fingerprint density at radius 2 is 2.05 bits per heavy atom. The lowest BCUT2D eigenvalue weighted by Gasteiger charge is -2.38. The number of likely N-dealkylation sites (tertiary alicyclic amines) is 1. The summed E-state index contributed by atoms with van der Waals surface area (Å²) in [5.74, 6) is 0.183. The Hall–Kier alpha value is -1.24. The van der Waals surface area contributed by atoms with E-state index in [1.54, 1.807) is 19.2 Å². The van der Waals surface area contributed by atoms with Crippen molar-refractivity contribution in [2.45, 2.75) is 38.1 Å². The van der Waals surface area contributed by atoms with E-state index < -0.39 is 6.61 Å². The maximum absolute atomic E-state index is 12.1. The van der Waals surface area contributed by atoms with Crippen LogP contribution in [0, 0.1) is 0 Å². The molecule has 0 radical (unpaired) electrons. The first-order valence-corrected chi connectivity index (χ1v) is 7.13. The molecule has 0 spiro atoms. The Kier molecular flexibility index (Phi) is 5.90. The second kappa shape index (κ2) is 7.68. The Bertz CT molecular complexity index is 428. The van der Waals surface area contributed by atoms with Crippen molar-refractivity contribution in [2.75, 3.05) is 20.2 Å². The summed E-state index contributed by atoms with van der Waals surface area (Å²) in [6.07, 6.45) is 2.19. The average Bonchev–Trinajstić information content (AvgIpc) is 2.49. The fourth-order valence-corrected chi connectivity index (χ4v) is 2.74. The van der Waals surface area contributed by atoms with Gasteiger partial charge in [0.1, 0.15) is 5.75 Å². The molecule has 6 heteroatoms. The maximum atomic E-state index is 12.1. The fraction of sp³-hybridized carbons (Fsp3) is 0.600. The maximum Gasteiger partial charge on any atom is 0.387 e. The number of hydrogen-bond acceptors (Lipinski definition) is 4. The van der Waals surface area contributed by atoms with Gasteiger partial charge in [0.15, 0.2) is 0 Å². The molecular formula is C15H22F2N2O2. The van der Waals surface area contributed by atoms with Gasteiger partial charge in [-0.1, -0.05) is 12.1 Å². The minimum Gasteiger partial charge on any atom is -0.435 e. The van der Waals surface area contributed by atoms with Crippen LogP contribution in [0.5, 0.6) is 5.75 Å². The van der Waals surface area contributed by atoms with Gasteiger partial charge in [0.2, 0.25) is 0 Å². The molecule has 1 aliphatic heterocycles. The fourth-order valence-electron chi connectivity index (χ4n) is 2.74. The lowest BCUT2D eigenvalue weighted by atomic mass is 9.98. The van der Waals surface area contributed by atoms with Gasteiger partial charge in [-0.05, 0) is 30.5 Å². The van der Waals surface area contributed by atoms with Crippen molar-refractivity contribution in [1.82, 2.24) is 4.90 Å². The summed E-state index contributed by atoms with van der Waals surface area (Å²) >= 11 is 0. The molecule has 2 rings (SSSR count). The molecule has 0 saturated carbocycles. The molecule has 2 atom stereocenters. The quantitative estimate of drug-likeness (QED) is 0.875. The molecule has 1 saturated heterocycles. The van der Waals surface area contributed by atoms with Crippen molar-refractivity contribution < 1.29 is 18.3 Å². The molecule has 0 aromatic heterocycles. The summed E-state index contributed by atoms with van der Waals surface area (Å²) in [5, 5.41) is 0. The van der Waals surface area contributed by atoms with Crippen LogP contribution in [-0.4, -0.2) is 43.9 Å². The highest BCUT2D eigenvalue weighted by Gasteiger charge is 2.27. The molecule has 1 aromatic carbocycles. The van der Waals surface area contributed by atoms with Crippen LogP contribution >= 0.6 is 0 Å². The normalized spacial score (nSPS) is 23.5. The molecule has 1 fully saturated rings. The number of methoxy groups -OCH3 is 1. The number of halogens is 2. The smallest absolute Gasteiger partial charge is 0.387 e. The largest absolute Gasteiger partial charge is 0.435 e. The predicted molar refractivity (Wildman–Crippen MR) is 76.4 cm³/mol. The van der Waals surface area contributed by atoms with Crippen LogP contribution < -0.4 is 10.5 Å². The van der Waals surface area contributed by atoms with Crippen molar-refractivity contribution in [3.8, 4) is 5.75 Å². The standard InChI is InChI=1S/C15H22F2N2O2/c1-20-14-6-7-19(12(8-14)9-18)10-11-2-4-13(5-3-11)21-15(16)17/h2-5,12,14-15H,6-10,18H2,1H3. The number of alkyl halides is 2. The molecule has 2 N–H and O–H groups in total. The van der Waals surface area contributed by atoms with E-state index in [9.17, 15) is 8.78 Å². The highest BCUT2D eigenvalue weighted by molar-refractivity contribution is 5.27. The zero-order valence-corrected chi connectivity index (χ0v) is 12.2. The van der Waals surface area contributed by atoms with Gasteiger partial charge in [-0.25, -0.2) is 0 Å². The van der Waals surface area contributed by atoms with E-state index >= 15 is 0 Å². The molecule has 0 aliphatic carbocycles. The van der Waals surface area contributed by atoms with E-state index in [2.05, 4.69) is 9.64 Å². The van der Waals surface area contributed by atoms with Gasteiger partial charge in [0.25, 0.3) is 0 Å². The number of hydrogen-bond donors (Lipinski definition) is 1. The van der Waals surface area contributed by atoms with Gasteiger partial charge >= 0.3 is 6.61 Å². The van der Waals surface area contributed by atoms with E-state index in [0.29, 0.717) is 12.6 Å². The van der Waals surface area contributed by atoms with Gasteiger partial charge in [0, 0.05) is 32.8 Å². The van der Waals surface area contributed by atoms with E-state index in [-0.39, 0.29) is 11.9 Å². The number of rotatable bonds is 6. The van der Waals surface area contributed by atoms with Crippen LogP contribution in [0.25, 0.3) is 0 Å². The van der Waals surface area contributed by atoms with Gasteiger partial charge in [-0.3, -0.25) is 4.90 Å². The average molecular weight is 300 g/mol. The Morgan fingerprint density at radius 3 is 2.62 bits per heavy atom. The van der Waals surface area contributed by atoms with Crippen molar-refractivity contribution >= 4 is 0 Å². The van der Waals surface area contributed by atoms with Crippen LogP contribution in [0.4, 0.5) is 8.78 Å². The SMILES string of the molecule is COC1CCN(Cc2ccc(OC(F)F)cc2)C(CN)C1. The summed E-state index contributed by atoms with van der Waals surface area (Å²) < 4.78 is 34.0. The predicted octanol–water partition coefficient (Wildman–Crippen LogP) is 2.23. The van der Waals surface area contributed by atoms with Crippen molar-refractivity contribution in [3.05, 3.63) is 29.8 Å². The van der Waals surface area contributed by atoms with Crippen LogP contribution in [0.2, 0.25) is 0 Å². The van der Waals surface area contributed by atoms with Crippen LogP contribution in [0.3, 0.4) is 0 Å². The minimum atomic E-state index is -2.79. The third-order valence-corrected chi connectivity index (χ3v) is 3.93. The zero-order valence-electron chi connectivity index (χ0n) is 12.2. The Labute approximate surface area is 123 Å². The van der Waals surface area contributed by atoms with E-state index in [1.165, 1.54) is 0 Å². The number of nitrogens with zero attached hydrogens (tertiary/aromatic N) is 1.